The molecule has 0 aliphatic heterocycles. The molecule has 10 nitrogen and oxygen atoms in total. The summed E-state index contributed by atoms with van der Waals surface area (Å²) in [6.45, 7) is 0. The molecular weight excluding hydrogens is 446 g/mol. The molecule has 0 fully saturated rings. The molecule has 1 heterocycles. The van der Waals surface area contributed by atoms with Crippen LogP contribution in [0.1, 0.15) is 36.9 Å². The summed E-state index contributed by atoms with van der Waals surface area (Å²) in [6.07, 6.45) is -4.61. The van der Waals surface area contributed by atoms with Gasteiger partial charge in [0.2, 0.25) is 0 Å². The van der Waals surface area contributed by atoms with Crippen molar-refractivity contribution in [3.63, 3.8) is 0 Å². The molecule has 0 amide bonds. The standard InChI is InChI=1S/C8H5F3O3.C7H5NO4.2H2O.V/c9-8(10,11)4-1-2-5(7(13)14)6(12)3-4;9-6(10)4-2-1-3-5(8-4)7(11)12;;;/h1-3,12H,(H,13,14);1-3H,(H,9,10)(H,11,12);2*1H2;/p-1. The maximum Gasteiger partial charge on any atom is 0.416 e. The van der Waals surface area contributed by atoms with Crippen molar-refractivity contribution in [2.45, 2.75) is 6.18 Å². The van der Waals surface area contributed by atoms with Gasteiger partial charge in [-0.3, -0.25) is 0 Å². The van der Waals surface area contributed by atoms with Crippen molar-refractivity contribution < 1.29 is 77.5 Å². The van der Waals surface area contributed by atoms with E-state index in [0.717, 1.165) is 12.1 Å². The molecule has 14 heteroatoms. The zero-order chi connectivity index (χ0) is 20.1. The zero-order valence-corrected chi connectivity index (χ0v) is 15.4. The molecule has 0 atom stereocenters. The van der Waals surface area contributed by atoms with Gasteiger partial charge in [-0.1, -0.05) is 6.07 Å². The van der Waals surface area contributed by atoms with Gasteiger partial charge in [0.25, 0.3) is 0 Å². The van der Waals surface area contributed by atoms with Crippen molar-refractivity contribution in [3.05, 3.63) is 58.9 Å². The van der Waals surface area contributed by atoms with Crippen LogP contribution in [0.2, 0.25) is 0 Å². The Balaban J connectivity index is -0.000000426. The Kier molecular flexibility index (Phi) is 13.0. The molecule has 0 saturated carbocycles. The summed E-state index contributed by atoms with van der Waals surface area (Å²) in [7, 11) is 0. The van der Waals surface area contributed by atoms with Gasteiger partial charge in [0.15, 0.2) is 0 Å². The number of carboxylic acid groups (broad SMARTS) is 3. The molecule has 0 bridgehead atoms. The molecule has 2 aromatic rings. The Morgan fingerprint density at radius 2 is 1.31 bits per heavy atom. The number of nitrogens with zero attached hydrogens (tertiary/aromatic N) is 1. The quantitative estimate of drug-likeness (QED) is 0.458. The van der Waals surface area contributed by atoms with Gasteiger partial charge in [-0.05, 0) is 30.3 Å². The van der Waals surface area contributed by atoms with E-state index in [1.165, 1.54) is 6.07 Å². The van der Waals surface area contributed by atoms with Gasteiger partial charge in [-0.25, -0.2) is 4.98 Å². The molecule has 1 radical (unpaired) electrons. The average molecular weight is 459 g/mol. The molecule has 159 valence electrons. The molecule has 1 aromatic heterocycles. The topological polar surface area (TPSA) is 220 Å². The summed E-state index contributed by atoms with van der Waals surface area (Å²) in [5, 5.41) is 39.5. The minimum atomic E-state index is -4.61. The van der Waals surface area contributed by atoms with Crippen LogP contribution in [0.5, 0.6) is 5.75 Å². The van der Waals surface area contributed by atoms with Gasteiger partial charge in [0.05, 0.1) is 34.9 Å². The third-order valence-electron chi connectivity index (χ3n) is 2.71. The number of alkyl halides is 3. The minimum Gasteiger partial charge on any atom is -0.545 e. The Bertz CT molecular complexity index is 830. The molecule has 0 aliphatic carbocycles. The number of aromatic nitrogens is 1. The number of hydrogen-bond donors (Lipinski definition) is 1. The third kappa shape index (κ3) is 9.07. The van der Waals surface area contributed by atoms with Crippen LogP contribution < -0.4 is 15.3 Å². The van der Waals surface area contributed by atoms with Crippen LogP contribution in [-0.2, 0) is 35.7 Å². The van der Waals surface area contributed by atoms with Gasteiger partial charge >= 0.3 is 6.18 Å². The average Bonchev–Trinajstić information content (AvgIpc) is 2.54. The molecular formula is C15H13F3NO9V-. The first-order valence-corrected chi connectivity index (χ1v) is 6.44. The van der Waals surface area contributed by atoms with Gasteiger partial charge in [0.1, 0.15) is 5.75 Å². The van der Waals surface area contributed by atoms with E-state index in [1.54, 1.807) is 0 Å². The van der Waals surface area contributed by atoms with Gasteiger partial charge < -0.3 is 45.8 Å². The van der Waals surface area contributed by atoms with Gasteiger partial charge in [-0.15, -0.1) is 0 Å². The van der Waals surface area contributed by atoms with Crippen molar-refractivity contribution in [1.29, 1.82) is 0 Å². The van der Waals surface area contributed by atoms with E-state index >= 15 is 0 Å². The van der Waals surface area contributed by atoms with Gasteiger partial charge in [0, 0.05) is 24.1 Å². The SMILES string of the molecule is O=C([O-])c1ccc(C(F)(F)F)cc1O.O=C([O-])c1cccc(C(=O)[O-])n1.[OH3+].[OH3+].[V]. The largest absolute Gasteiger partial charge is 0.545 e. The van der Waals surface area contributed by atoms with Crippen LogP contribution in [0.4, 0.5) is 13.2 Å². The number of benzene rings is 1. The van der Waals surface area contributed by atoms with Crippen molar-refractivity contribution in [2.24, 2.45) is 0 Å². The fraction of sp³-hybridized carbons (Fsp3) is 0.0667. The molecule has 0 unspecified atom stereocenters. The Labute approximate surface area is 171 Å². The monoisotopic (exact) mass is 459 g/mol. The normalized spacial score (nSPS) is 9.34. The van der Waals surface area contributed by atoms with E-state index < -0.39 is 52.3 Å². The summed E-state index contributed by atoms with van der Waals surface area (Å²) in [5.74, 6) is -5.72. The summed E-state index contributed by atoms with van der Waals surface area (Å²) >= 11 is 0. The van der Waals surface area contributed by atoms with Crippen molar-refractivity contribution in [3.8, 4) is 5.75 Å². The second-order valence-electron chi connectivity index (χ2n) is 4.50. The van der Waals surface area contributed by atoms with Crippen LogP contribution in [-0.4, -0.2) is 28.0 Å². The van der Waals surface area contributed by atoms with E-state index in [0.29, 0.717) is 18.2 Å². The first-order valence-electron chi connectivity index (χ1n) is 6.44. The minimum absolute atomic E-state index is 0. The first kappa shape index (κ1) is 30.6. The zero-order valence-electron chi connectivity index (χ0n) is 14.0. The molecule has 1 aromatic carbocycles. The van der Waals surface area contributed by atoms with Crippen molar-refractivity contribution in [2.75, 3.05) is 0 Å². The molecule has 0 aliphatic rings. The van der Waals surface area contributed by atoms with Crippen LogP contribution in [0.3, 0.4) is 0 Å². The maximum absolute atomic E-state index is 12.0. The maximum atomic E-state index is 12.0. The first-order chi connectivity index (χ1) is 11.9. The Morgan fingerprint density at radius 1 is 0.862 bits per heavy atom. The number of phenols is 1. The van der Waals surface area contributed by atoms with Crippen molar-refractivity contribution >= 4 is 17.9 Å². The number of hydrogen-bond acceptors (Lipinski definition) is 8. The van der Waals surface area contributed by atoms with E-state index in [-0.39, 0.29) is 29.5 Å². The summed E-state index contributed by atoms with van der Waals surface area (Å²) in [6, 6.07) is 5.08. The number of pyridine rings is 1. The number of carbonyl (C=O) groups is 3. The van der Waals surface area contributed by atoms with Crippen LogP contribution in [0, 0.1) is 0 Å². The second-order valence-corrected chi connectivity index (χ2v) is 4.50. The Morgan fingerprint density at radius 3 is 1.62 bits per heavy atom. The number of aromatic hydroxyl groups is 1. The molecule has 2 rings (SSSR count). The van der Waals surface area contributed by atoms with Crippen LogP contribution in [0.15, 0.2) is 36.4 Å². The van der Waals surface area contributed by atoms with Crippen molar-refractivity contribution in [1.82, 2.24) is 4.98 Å². The third-order valence-corrected chi connectivity index (χ3v) is 2.71. The number of rotatable bonds is 3. The predicted molar refractivity (Wildman–Crippen MR) is 80.1 cm³/mol. The second kappa shape index (κ2) is 12.4. The van der Waals surface area contributed by atoms with Crippen LogP contribution >= 0.6 is 0 Å². The molecule has 0 saturated heterocycles. The smallest absolute Gasteiger partial charge is 0.416 e. The molecule has 0 spiro atoms. The van der Waals surface area contributed by atoms with E-state index in [9.17, 15) is 42.9 Å². The summed E-state index contributed by atoms with van der Waals surface area (Å²) in [4.78, 5) is 33.9. The Hall–Kier alpha value is -3.13. The molecule has 29 heavy (non-hydrogen) atoms. The predicted octanol–water partition coefficient (Wildman–Crippen LogP) is -3.26. The molecule has 7 N–H and O–H groups in total. The summed E-state index contributed by atoms with van der Waals surface area (Å²) in [5.41, 5.74) is -2.62. The fourth-order valence-corrected chi connectivity index (χ4v) is 1.54. The van der Waals surface area contributed by atoms with E-state index in [2.05, 4.69) is 4.98 Å². The number of carboxylic acids is 3. The summed E-state index contributed by atoms with van der Waals surface area (Å²) < 4.78 is 36.1. The fourth-order valence-electron chi connectivity index (χ4n) is 1.54. The number of aromatic carboxylic acids is 3. The van der Waals surface area contributed by atoms with Crippen LogP contribution in [0.25, 0.3) is 0 Å². The number of carbonyl (C=O) groups excluding carboxylic acids is 3. The van der Waals surface area contributed by atoms with Gasteiger partial charge in [-0.2, -0.15) is 13.2 Å². The van der Waals surface area contributed by atoms with E-state index in [4.69, 9.17) is 5.11 Å². The number of halogens is 3. The van der Waals surface area contributed by atoms with E-state index in [1.807, 2.05) is 0 Å².